The van der Waals surface area contributed by atoms with Crippen LogP contribution in [0, 0.1) is 0 Å². The standard InChI is InChI=1S/C12H15NO4/c1-8(2)17-10-5-3-4-9(6-10)12(16)13-7-11(14)15/h3-6,8H,7H2,1-2H3,(H,13,16)(H,14,15). The first kappa shape index (κ1) is 13.0. The Bertz CT molecular complexity index is 415. The number of hydrogen-bond donors (Lipinski definition) is 2. The average Bonchev–Trinajstić information content (AvgIpc) is 2.25. The fourth-order valence-corrected chi connectivity index (χ4v) is 1.24. The van der Waals surface area contributed by atoms with E-state index in [9.17, 15) is 9.59 Å². The third kappa shape index (κ3) is 4.55. The Balaban J connectivity index is 2.70. The minimum atomic E-state index is -1.08. The molecular formula is C12H15NO4. The van der Waals surface area contributed by atoms with Crippen LogP contribution >= 0.6 is 0 Å². The number of amides is 1. The first-order valence-corrected chi connectivity index (χ1v) is 5.25. The summed E-state index contributed by atoms with van der Waals surface area (Å²) in [5, 5.41) is 10.7. The highest BCUT2D eigenvalue weighted by molar-refractivity contribution is 5.96. The Kier molecular flexibility index (Phi) is 4.51. The molecule has 1 amide bonds. The van der Waals surface area contributed by atoms with Gasteiger partial charge in [-0.3, -0.25) is 9.59 Å². The van der Waals surface area contributed by atoms with Gasteiger partial charge in [-0.1, -0.05) is 6.07 Å². The molecule has 0 spiro atoms. The molecule has 17 heavy (non-hydrogen) atoms. The molecular weight excluding hydrogens is 222 g/mol. The number of carbonyl (C=O) groups is 2. The summed E-state index contributed by atoms with van der Waals surface area (Å²) in [7, 11) is 0. The molecule has 0 aliphatic rings. The van der Waals surface area contributed by atoms with Crippen molar-refractivity contribution in [3.8, 4) is 5.75 Å². The van der Waals surface area contributed by atoms with Gasteiger partial charge in [-0.05, 0) is 32.0 Å². The van der Waals surface area contributed by atoms with Crippen molar-refractivity contribution in [3.05, 3.63) is 29.8 Å². The average molecular weight is 237 g/mol. The first-order valence-electron chi connectivity index (χ1n) is 5.25. The topological polar surface area (TPSA) is 75.6 Å². The Morgan fingerprint density at radius 1 is 1.41 bits per heavy atom. The van der Waals surface area contributed by atoms with E-state index in [0.717, 1.165) is 0 Å². The SMILES string of the molecule is CC(C)Oc1cccc(C(=O)NCC(=O)O)c1. The molecule has 0 aliphatic carbocycles. The highest BCUT2D eigenvalue weighted by atomic mass is 16.5. The summed E-state index contributed by atoms with van der Waals surface area (Å²) in [6.45, 7) is 3.38. The van der Waals surface area contributed by atoms with E-state index in [1.807, 2.05) is 13.8 Å². The number of carbonyl (C=O) groups excluding carboxylic acids is 1. The maximum absolute atomic E-state index is 11.6. The third-order valence-electron chi connectivity index (χ3n) is 1.87. The molecule has 5 nitrogen and oxygen atoms in total. The molecule has 0 saturated heterocycles. The molecule has 0 bridgehead atoms. The Labute approximate surface area is 99.4 Å². The highest BCUT2D eigenvalue weighted by Crippen LogP contribution is 2.14. The molecule has 5 heteroatoms. The fourth-order valence-electron chi connectivity index (χ4n) is 1.24. The van der Waals surface area contributed by atoms with Crippen LogP contribution in [-0.4, -0.2) is 29.6 Å². The molecule has 0 unspecified atom stereocenters. The molecule has 0 heterocycles. The maximum Gasteiger partial charge on any atom is 0.322 e. The van der Waals surface area contributed by atoms with Gasteiger partial charge in [0.05, 0.1) is 6.10 Å². The van der Waals surface area contributed by atoms with Crippen molar-refractivity contribution in [1.29, 1.82) is 0 Å². The fraction of sp³-hybridized carbons (Fsp3) is 0.333. The van der Waals surface area contributed by atoms with Gasteiger partial charge in [-0.25, -0.2) is 0 Å². The van der Waals surface area contributed by atoms with Crippen molar-refractivity contribution in [2.24, 2.45) is 0 Å². The first-order chi connectivity index (χ1) is 7.99. The van der Waals surface area contributed by atoms with Crippen molar-refractivity contribution in [2.75, 3.05) is 6.54 Å². The Morgan fingerprint density at radius 2 is 2.12 bits per heavy atom. The zero-order chi connectivity index (χ0) is 12.8. The molecule has 1 rings (SSSR count). The van der Waals surface area contributed by atoms with Gasteiger partial charge in [-0.15, -0.1) is 0 Å². The molecule has 1 aromatic rings. The van der Waals surface area contributed by atoms with E-state index in [1.165, 1.54) is 0 Å². The van der Waals surface area contributed by atoms with Gasteiger partial charge in [-0.2, -0.15) is 0 Å². The lowest BCUT2D eigenvalue weighted by atomic mass is 10.2. The van der Waals surface area contributed by atoms with Gasteiger partial charge in [0.25, 0.3) is 5.91 Å². The van der Waals surface area contributed by atoms with E-state index in [0.29, 0.717) is 11.3 Å². The van der Waals surface area contributed by atoms with Crippen LogP contribution in [-0.2, 0) is 4.79 Å². The molecule has 0 aliphatic heterocycles. The zero-order valence-corrected chi connectivity index (χ0v) is 9.77. The molecule has 92 valence electrons. The largest absolute Gasteiger partial charge is 0.491 e. The lowest BCUT2D eigenvalue weighted by Crippen LogP contribution is -2.29. The number of carboxylic acid groups (broad SMARTS) is 1. The van der Waals surface area contributed by atoms with Gasteiger partial charge < -0.3 is 15.2 Å². The summed E-state index contributed by atoms with van der Waals surface area (Å²) in [6.07, 6.45) is 0.0207. The van der Waals surface area contributed by atoms with Crippen molar-refractivity contribution in [1.82, 2.24) is 5.32 Å². The second-order valence-electron chi connectivity index (χ2n) is 3.77. The predicted octanol–water partition coefficient (Wildman–Crippen LogP) is 1.29. The number of rotatable bonds is 5. The molecule has 2 N–H and O–H groups in total. The lowest BCUT2D eigenvalue weighted by Gasteiger charge is -2.10. The summed E-state index contributed by atoms with van der Waals surface area (Å²) in [4.78, 5) is 21.9. The van der Waals surface area contributed by atoms with Crippen molar-refractivity contribution in [3.63, 3.8) is 0 Å². The van der Waals surface area contributed by atoms with Crippen LogP contribution in [0.15, 0.2) is 24.3 Å². The van der Waals surface area contributed by atoms with Gasteiger partial charge >= 0.3 is 5.97 Å². The summed E-state index contributed by atoms with van der Waals surface area (Å²) < 4.78 is 5.43. The minimum absolute atomic E-state index is 0.0207. The molecule has 0 fully saturated rings. The van der Waals surface area contributed by atoms with E-state index < -0.39 is 18.4 Å². The summed E-state index contributed by atoms with van der Waals surface area (Å²) in [5.41, 5.74) is 0.379. The van der Waals surface area contributed by atoms with Crippen molar-refractivity contribution < 1.29 is 19.4 Å². The van der Waals surface area contributed by atoms with E-state index in [4.69, 9.17) is 9.84 Å². The number of aliphatic carboxylic acids is 1. The quantitative estimate of drug-likeness (QED) is 0.809. The second-order valence-corrected chi connectivity index (χ2v) is 3.77. The number of ether oxygens (including phenoxy) is 1. The van der Waals surface area contributed by atoms with E-state index >= 15 is 0 Å². The smallest absolute Gasteiger partial charge is 0.322 e. The van der Waals surface area contributed by atoms with Crippen molar-refractivity contribution in [2.45, 2.75) is 20.0 Å². The van der Waals surface area contributed by atoms with E-state index in [2.05, 4.69) is 5.32 Å². The normalized spacial score (nSPS) is 10.1. The van der Waals surface area contributed by atoms with Gasteiger partial charge in [0, 0.05) is 5.56 Å². The van der Waals surface area contributed by atoms with Crippen LogP contribution in [0.25, 0.3) is 0 Å². The maximum atomic E-state index is 11.6. The van der Waals surface area contributed by atoms with Crippen LogP contribution in [0.2, 0.25) is 0 Å². The minimum Gasteiger partial charge on any atom is -0.491 e. The van der Waals surface area contributed by atoms with Gasteiger partial charge in [0.15, 0.2) is 0 Å². The monoisotopic (exact) mass is 237 g/mol. The molecule has 1 aromatic carbocycles. The van der Waals surface area contributed by atoms with Crippen LogP contribution in [0.3, 0.4) is 0 Å². The number of nitrogens with one attached hydrogen (secondary N) is 1. The van der Waals surface area contributed by atoms with Crippen molar-refractivity contribution >= 4 is 11.9 Å². The van der Waals surface area contributed by atoms with Gasteiger partial charge in [0.2, 0.25) is 0 Å². The summed E-state index contributed by atoms with van der Waals surface area (Å²) in [6, 6.07) is 6.61. The van der Waals surface area contributed by atoms with Crippen LogP contribution in [0.4, 0.5) is 0 Å². The molecule has 0 atom stereocenters. The predicted molar refractivity (Wildman–Crippen MR) is 62.2 cm³/mol. The van der Waals surface area contributed by atoms with E-state index in [-0.39, 0.29) is 6.10 Å². The van der Waals surface area contributed by atoms with E-state index in [1.54, 1.807) is 24.3 Å². The Hall–Kier alpha value is -2.04. The number of benzene rings is 1. The molecule has 0 radical (unpaired) electrons. The number of hydrogen-bond acceptors (Lipinski definition) is 3. The van der Waals surface area contributed by atoms with Crippen LogP contribution in [0.1, 0.15) is 24.2 Å². The summed E-state index contributed by atoms with van der Waals surface area (Å²) in [5.74, 6) is -0.919. The molecule has 0 aromatic heterocycles. The lowest BCUT2D eigenvalue weighted by molar-refractivity contribution is -0.135. The Morgan fingerprint density at radius 3 is 2.71 bits per heavy atom. The highest BCUT2D eigenvalue weighted by Gasteiger charge is 2.08. The third-order valence-corrected chi connectivity index (χ3v) is 1.87. The van der Waals surface area contributed by atoms with Gasteiger partial charge in [0.1, 0.15) is 12.3 Å². The zero-order valence-electron chi connectivity index (χ0n) is 9.77. The van der Waals surface area contributed by atoms with Crippen LogP contribution in [0.5, 0.6) is 5.75 Å². The second kappa shape index (κ2) is 5.89. The number of carboxylic acids is 1. The van der Waals surface area contributed by atoms with Crippen LogP contribution < -0.4 is 10.1 Å². The molecule has 0 saturated carbocycles. The summed E-state index contributed by atoms with van der Waals surface area (Å²) >= 11 is 0.